The average Bonchev–Trinajstić information content (AvgIpc) is 3.50. The third-order valence-corrected chi connectivity index (χ3v) is 7.84. The number of carbonyl (C=O) groups is 2. The molecule has 0 unspecified atom stereocenters. The normalized spacial score (nSPS) is 12.7. The van der Waals surface area contributed by atoms with Crippen molar-refractivity contribution in [1.29, 1.82) is 0 Å². The van der Waals surface area contributed by atoms with Crippen LogP contribution in [0.25, 0.3) is 11.3 Å². The fourth-order valence-corrected chi connectivity index (χ4v) is 5.80. The van der Waals surface area contributed by atoms with Crippen molar-refractivity contribution in [3.63, 3.8) is 0 Å². The number of hydrogen-bond acceptors (Lipinski definition) is 5. The molecule has 1 aliphatic rings. The van der Waals surface area contributed by atoms with Crippen LogP contribution in [0.1, 0.15) is 60.8 Å². The van der Waals surface area contributed by atoms with E-state index < -0.39 is 0 Å². The first kappa shape index (κ1) is 23.8. The van der Waals surface area contributed by atoms with Gasteiger partial charge in [-0.15, -0.1) is 11.3 Å². The van der Waals surface area contributed by atoms with E-state index in [-0.39, 0.29) is 23.3 Å². The summed E-state index contributed by atoms with van der Waals surface area (Å²) in [7, 11) is 0. The van der Waals surface area contributed by atoms with E-state index in [1.165, 1.54) is 11.3 Å². The first-order chi connectivity index (χ1) is 17.4. The molecule has 0 bridgehead atoms. The summed E-state index contributed by atoms with van der Waals surface area (Å²) < 4.78 is 0. The Labute approximate surface area is 213 Å². The predicted molar refractivity (Wildman–Crippen MR) is 142 cm³/mol. The summed E-state index contributed by atoms with van der Waals surface area (Å²) in [6, 6.07) is 14.9. The number of aromatic amines is 1. The number of aromatic hydroxyl groups is 1. The molecule has 8 heteroatoms. The van der Waals surface area contributed by atoms with Gasteiger partial charge in [-0.05, 0) is 80.0 Å². The molecule has 0 radical (unpaired) electrons. The van der Waals surface area contributed by atoms with E-state index >= 15 is 0 Å². The van der Waals surface area contributed by atoms with Crippen LogP contribution in [0.4, 0.5) is 5.00 Å². The summed E-state index contributed by atoms with van der Waals surface area (Å²) in [6.07, 6.45) is 3.85. The van der Waals surface area contributed by atoms with Gasteiger partial charge in [0.25, 0.3) is 11.8 Å². The lowest BCUT2D eigenvalue weighted by molar-refractivity contribution is 0.0951. The molecule has 0 saturated carbocycles. The van der Waals surface area contributed by atoms with Crippen LogP contribution in [0.5, 0.6) is 5.75 Å². The van der Waals surface area contributed by atoms with Gasteiger partial charge in [0.2, 0.25) is 0 Å². The van der Waals surface area contributed by atoms with E-state index in [2.05, 4.69) is 20.8 Å². The van der Waals surface area contributed by atoms with Crippen molar-refractivity contribution in [2.75, 3.05) is 5.32 Å². The van der Waals surface area contributed by atoms with Crippen molar-refractivity contribution in [3.8, 4) is 17.0 Å². The molecule has 4 aromatic rings. The van der Waals surface area contributed by atoms with Gasteiger partial charge in [-0.1, -0.05) is 30.3 Å². The van der Waals surface area contributed by atoms with Gasteiger partial charge in [-0.3, -0.25) is 14.7 Å². The number of aryl methyl sites for hydroxylation is 3. The molecule has 36 heavy (non-hydrogen) atoms. The highest BCUT2D eigenvalue weighted by Crippen LogP contribution is 2.38. The molecule has 2 aromatic carbocycles. The number of aromatic nitrogens is 2. The number of nitrogens with one attached hydrogen (secondary N) is 3. The van der Waals surface area contributed by atoms with E-state index in [9.17, 15) is 14.7 Å². The van der Waals surface area contributed by atoms with E-state index in [0.29, 0.717) is 28.4 Å². The van der Waals surface area contributed by atoms with Gasteiger partial charge in [-0.25, -0.2) is 0 Å². The molecule has 0 atom stereocenters. The molecule has 2 heterocycles. The molecular weight excluding hydrogens is 472 g/mol. The number of amides is 2. The third kappa shape index (κ3) is 4.77. The maximum absolute atomic E-state index is 13.3. The SMILES string of the molecule is Cc1cc(O)c(-c2cc(C(=O)Nc3sc4c(c3C(=O)NCc3ccccc3)CCCC4)[nH]n2)cc1C. The number of thiophene rings is 1. The summed E-state index contributed by atoms with van der Waals surface area (Å²) in [5.41, 5.74) is 5.90. The zero-order valence-corrected chi connectivity index (χ0v) is 21.1. The fourth-order valence-electron chi connectivity index (χ4n) is 4.51. The lowest BCUT2D eigenvalue weighted by Crippen LogP contribution is -2.25. The smallest absolute Gasteiger partial charge is 0.274 e. The van der Waals surface area contributed by atoms with Crippen molar-refractivity contribution < 1.29 is 14.7 Å². The Hall–Kier alpha value is -3.91. The minimum Gasteiger partial charge on any atom is -0.507 e. The number of H-pyrrole nitrogens is 1. The molecule has 0 fully saturated rings. The topological polar surface area (TPSA) is 107 Å². The first-order valence-corrected chi connectivity index (χ1v) is 12.9. The van der Waals surface area contributed by atoms with Crippen molar-refractivity contribution in [2.45, 2.75) is 46.1 Å². The number of hydrogen-bond donors (Lipinski definition) is 4. The molecule has 184 valence electrons. The monoisotopic (exact) mass is 500 g/mol. The molecule has 0 saturated heterocycles. The van der Waals surface area contributed by atoms with Crippen LogP contribution < -0.4 is 10.6 Å². The maximum Gasteiger partial charge on any atom is 0.274 e. The minimum absolute atomic E-state index is 0.111. The Morgan fingerprint density at radius 3 is 2.58 bits per heavy atom. The standard InChI is InChI=1S/C28H28N4O3S/c1-16-12-20(23(33)13-17(16)2)21-14-22(32-31-21)26(34)30-28-25(19-10-6-7-11-24(19)36-28)27(35)29-15-18-8-4-3-5-9-18/h3-5,8-9,12-14,33H,6-7,10-11,15H2,1-2H3,(H,29,35)(H,30,34)(H,31,32). The highest BCUT2D eigenvalue weighted by atomic mass is 32.1. The molecule has 4 N–H and O–H groups in total. The second-order valence-corrected chi connectivity index (χ2v) is 10.3. The lowest BCUT2D eigenvalue weighted by atomic mass is 9.95. The van der Waals surface area contributed by atoms with E-state index in [4.69, 9.17) is 0 Å². The average molecular weight is 501 g/mol. The van der Waals surface area contributed by atoms with Crippen LogP contribution in [0.2, 0.25) is 0 Å². The van der Waals surface area contributed by atoms with Gasteiger partial charge in [0.1, 0.15) is 16.4 Å². The molecule has 5 rings (SSSR count). The first-order valence-electron chi connectivity index (χ1n) is 12.0. The van der Waals surface area contributed by atoms with Crippen LogP contribution in [-0.4, -0.2) is 27.1 Å². The number of phenols is 1. The summed E-state index contributed by atoms with van der Waals surface area (Å²) in [5.74, 6) is -0.452. The van der Waals surface area contributed by atoms with E-state index in [1.54, 1.807) is 12.1 Å². The van der Waals surface area contributed by atoms with Crippen molar-refractivity contribution in [3.05, 3.63) is 86.9 Å². The maximum atomic E-state index is 13.3. The fraction of sp³-hybridized carbons (Fsp3) is 0.250. The number of phenolic OH excluding ortho intramolecular Hbond substituents is 1. The van der Waals surface area contributed by atoms with Gasteiger partial charge in [0, 0.05) is 17.0 Å². The third-order valence-electron chi connectivity index (χ3n) is 6.63. The molecule has 2 amide bonds. The lowest BCUT2D eigenvalue weighted by Gasteiger charge is -2.13. The molecule has 0 spiro atoms. The van der Waals surface area contributed by atoms with Crippen molar-refractivity contribution in [1.82, 2.24) is 15.5 Å². The second-order valence-electron chi connectivity index (χ2n) is 9.16. The summed E-state index contributed by atoms with van der Waals surface area (Å²) in [5, 5.41) is 23.9. The van der Waals surface area contributed by atoms with Gasteiger partial charge in [0.15, 0.2) is 0 Å². The number of fused-ring (bicyclic) bond motifs is 1. The zero-order valence-electron chi connectivity index (χ0n) is 20.3. The Morgan fingerprint density at radius 2 is 1.78 bits per heavy atom. The molecule has 2 aromatic heterocycles. The highest BCUT2D eigenvalue weighted by molar-refractivity contribution is 7.17. The predicted octanol–water partition coefficient (Wildman–Crippen LogP) is 5.52. The summed E-state index contributed by atoms with van der Waals surface area (Å²) in [4.78, 5) is 27.6. The number of rotatable bonds is 6. The van der Waals surface area contributed by atoms with Crippen LogP contribution in [0, 0.1) is 13.8 Å². The van der Waals surface area contributed by atoms with E-state index in [0.717, 1.165) is 52.8 Å². The highest BCUT2D eigenvalue weighted by Gasteiger charge is 2.27. The van der Waals surface area contributed by atoms with E-state index in [1.807, 2.05) is 50.2 Å². The summed E-state index contributed by atoms with van der Waals surface area (Å²) in [6.45, 7) is 4.30. The molecule has 7 nitrogen and oxygen atoms in total. The van der Waals surface area contributed by atoms with Gasteiger partial charge < -0.3 is 15.7 Å². The van der Waals surface area contributed by atoms with Crippen molar-refractivity contribution in [2.24, 2.45) is 0 Å². The quantitative estimate of drug-likeness (QED) is 0.280. The Morgan fingerprint density at radius 1 is 1.03 bits per heavy atom. The number of anilines is 1. The van der Waals surface area contributed by atoms with Gasteiger partial charge >= 0.3 is 0 Å². The second kappa shape index (κ2) is 9.99. The Kier molecular flexibility index (Phi) is 6.61. The van der Waals surface area contributed by atoms with Gasteiger partial charge in [-0.2, -0.15) is 5.10 Å². The van der Waals surface area contributed by atoms with Crippen LogP contribution in [0.3, 0.4) is 0 Å². The van der Waals surface area contributed by atoms with Crippen LogP contribution in [0.15, 0.2) is 48.5 Å². The number of carbonyl (C=O) groups excluding carboxylic acids is 2. The summed E-state index contributed by atoms with van der Waals surface area (Å²) >= 11 is 1.48. The minimum atomic E-state index is -0.382. The zero-order chi connectivity index (χ0) is 25.2. The largest absolute Gasteiger partial charge is 0.507 e. The van der Waals surface area contributed by atoms with Crippen LogP contribution in [-0.2, 0) is 19.4 Å². The van der Waals surface area contributed by atoms with Gasteiger partial charge in [0.05, 0.1) is 11.3 Å². The molecule has 1 aliphatic carbocycles. The number of nitrogens with zero attached hydrogens (tertiary/aromatic N) is 1. The molecular formula is C28H28N4O3S. The van der Waals surface area contributed by atoms with Crippen LogP contribution >= 0.6 is 11.3 Å². The Bertz CT molecular complexity index is 1440. The number of benzene rings is 2. The Balaban J connectivity index is 1.39. The van der Waals surface area contributed by atoms with Crippen molar-refractivity contribution >= 4 is 28.2 Å². The molecule has 0 aliphatic heterocycles.